The molecule has 0 unspecified atom stereocenters. The molecule has 15 heavy (non-hydrogen) atoms. The summed E-state index contributed by atoms with van der Waals surface area (Å²) >= 11 is 0. The third-order valence-electron chi connectivity index (χ3n) is 2.09. The predicted molar refractivity (Wildman–Crippen MR) is 58.6 cm³/mol. The molecule has 84 valence electrons. The molecule has 0 amide bonds. The van der Waals surface area contributed by atoms with Gasteiger partial charge in [-0.2, -0.15) is 0 Å². The van der Waals surface area contributed by atoms with E-state index in [0.29, 0.717) is 12.8 Å². The van der Waals surface area contributed by atoms with Crippen LogP contribution >= 0.6 is 0 Å². The topological polar surface area (TPSA) is 51.2 Å². The summed E-state index contributed by atoms with van der Waals surface area (Å²) in [5.41, 5.74) is 0. The molecule has 3 heteroatoms. The van der Waals surface area contributed by atoms with Crippen LogP contribution in [0.4, 0.5) is 0 Å². The summed E-state index contributed by atoms with van der Waals surface area (Å²) in [5.74, 6) is -0.0150. The molecule has 0 aliphatic carbocycles. The van der Waals surface area contributed by atoms with Crippen LogP contribution in [0, 0.1) is 0 Å². The average molecular weight is 210 g/mol. The maximum Gasteiger partial charge on any atom is 0.155 e. The number of rotatable bonds is 9. The van der Waals surface area contributed by atoms with E-state index in [9.17, 15) is 14.4 Å². The molecule has 0 aromatic carbocycles. The lowest BCUT2D eigenvalue weighted by Gasteiger charge is -1.98. The highest BCUT2D eigenvalue weighted by molar-refractivity contribution is 5.93. The SMILES string of the molecule is C=CC(=O)CCC(=O)CCC(=O)CCC. The molecule has 0 fully saturated rings. The van der Waals surface area contributed by atoms with Gasteiger partial charge in [0.25, 0.3) is 0 Å². The van der Waals surface area contributed by atoms with E-state index in [4.69, 9.17) is 0 Å². The van der Waals surface area contributed by atoms with Crippen molar-refractivity contribution in [2.75, 3.05) is 0 Å². The Morgan fingerprint density at radius 3 is 1.87 bits per heavy atom. The van der Waals surface area contributed by atoms with Gasteiger partial charge in [-0.05, 0) is 12.5 Å². The second kappa shape index (κ2) is 8.09. The number of allylic oxidation sites excluding steroid dienone is 1. The predicted octanol–water partition coefficient (Wildman–Crippen LogP) is 2.24. The second-order valence-corrected chi connectivity index (χ2v) is 3.50. The van der Waals surface area contributed by atoms with E-state index in [1.165, 1.54) is 6.08 Å². The van der Waals surface area contributed by atoms with Crippen LogP contribution in [0.1, 0.15) is 45.4 Å². The van der Waals surface area contributed by atoms with Crippen LogP contribution < -0.4 is 0 Å². The van der Waals surface area contributed by atoms with Crippen molar-refractivity contribution >= 4 is 17.3 Å². The molecule has 0 aliphatic rings. The molecule has 0 heterocycles. The van der Waals surface area contributed by atoms with Crippen LogP contribution in [-0.2, 0) is 14.4 Å². The molecule has 0 bridgehead atoms. The molecule has 0 N–H and O–H groups in total. The van der Waals surface area contributed by atoms with Gasteiger partial charge in [-0.15, -0.1) is 0 Å². The minimum Gasteiger partial charge on any atom is -0.300 e. The van der Waals surface area contributed by atoms with Crippen LogP contribution in [-0.4, -0.2) is 17.3 Å². The van der Waals surface area contributed by atoms with Gasteiger partial charge in [0.2, 0.25) is 0 Å². The lowest BCUT2D eigenvalue weighted by Crippen LogP contribution is -2.05. The lowest BCUT2D eigenvalue weighted by molar-refractivity contribution is -0.125. The zero-order valence-electron chi connectivity index (χ0n) is 9.25. The van der Waals surface area contributed by atoms with Crippen LogP contribution in [0.2, 0.25) is 0 Å². The van der Waals surface area contributed by atoms with Gasteiger partial charge < -0.3 is 0 Å². The normalized spacial score (nSPS) is 9.67. The third kappa shape index (κ3) is 7.79. The molecule has 0 saturated carbocycles. The van der Waals surface area contributed by atoms with E-state index in [1.54, 1.807) is 0 Å². The van der Waals surface area contributed by atoms with E-state index in [2.05, 4.69) is 6.58 Å². The fraction of sp³-hybridized carbons (Fsp3) is 0.583. The number of hydrogen-bond donors (Lipinski definition) is 0. The molecular formula is C12H18O3. The molecule has 0 rings (SSSR count). The maximum atomic E-state index is 11.2. The van der Waals surface area contributed by atoms with Crippen molar-refractivity contribution in [1.82, 2.24) is 0 Å². The highest BCUT2D eigenvalue weighted by atomic mass is 16.1. The summed E-state index contributed by atoms with van der Waals surface area (Å²) in [6.07, 6.45) is 3.60. The van der Waals surface area contributed by atoms with E-state index in [-0.39, 0.29) is 36.6 Å². The number of hydrogen-bond acceptors (Lipinski definition) is 3. The van der Waals surface area contributed by atoms with Gasteiger partial charge in [0.1, 0.15) is 11.6 Å². The van der Waals surface area contributed by atoms with Gasteiger partial charge in [0.15, 0.2) is 5.78 Å². The molecule has 0 spiro atoms. The summed E-state index contributed by atoms with van der Waals surface area (Å²) in [4.78, 5) is 33.2. The Bertz CT molecular complexity index is 254. The lowest BCUT2D eigenvalue weighted by atomic mass is 10.0. The molecular weight excluding hydrogens is 192 g/mol. The van der Waals surface area contributed by atoms with E-state index in [1.807, 2.05) is 6.92 Å². The highest BCUT2D eigenvalue weighted by Crippen LogP contribution is 2.03. The van der Waals surface area contributed by atoms with Crippen molar-refractivity contribution in [1.29, 1.82) is 0 Å². The van der Waals surface area contributed by atoms with Crippen molar-refractivity contribution < 1.29 is 14.4 Å². The highest BCUT2D eigenvalue weighted by Gasteiger charge is 2.07. The fourth-order valence-corrected chi connectivity index (χ4v) is 1.17. The van der Waals surface area contributed by atoms with Gasteiger partial charge in [0.05, 0.1) is 0 Å². The zero-order valence-corrected chi connectivity index (χ0v) is 9.25. The summed E-state index contributed by atoms with van der Waals surface area (Å²) in [6.45, 7) is 5.26. The summed E-state index contributed by atoms with van der Waals surface area (Å²) in [7, 11) is 0. The average Bonchev–Trinajstić information content (AvgIpc) is 2.23. The molecule has 0 saturated heterocycles. The minimum absolute atomic E-state index is 0.0188. The number of carbonyl (C=O) groups is 3. The third-order valence-corrected chi connectivity index (χ3v) is 2.09. The Balaban J connectivity index is 3.61. The molecule has 0 aliphatic heterocycles. The number of ketones is 3. The Labute approximate surface area is 90.5 Å². The Kier molecular flexibility index (Phi) is 7.42. The molecule has 3 nitrogen and oxygen atoms in total. The van der Waals surface area contributed by atoms with Crippen molar-refractivity contribution in [3.05, 3.63) is 12.7 Å². The van der Waals surface area contributed by atoms with E-state index >= 15 is 0 Å². The second-order valence-electron chi connectivity index (χ2n) is 3.50. The van der Waals surface area contributed by atoms with Gasteiger partial charge in [-0.3, -0.25) is 14.4 Å². The van der Waals surface area contributed by atoms with E-state index < -0.39 is 0 Å². The standard InChI is InChI=1S/C12H18O3/c1-3-5-11(14)8-9-12(15)7-6-10(13)4-2/h4H,2-3,5-9H2,1H3. The summed E-state index contributed by atoms with van der Waals surface area (Å²) in [5, 5.41) is 0. The largest absolute Gasteiger partial charge is 0.300 e. The first-order valence-electron chi connectivity index (χ1n) is 5.28. The quantitative estimate of drug-likeness (QED) is 0.548. The van der Waals surface area contributed by atoms with Crippen LogP contribution in [0.3, 0.4) is 0 Å². The molecule has 0 atom stereocenters. The first-order valence-corrected chi connectivity index (χ1v) is 5.28. The van der Waals surface area contributed by atoms with Gasteiger partial charge >= 0.3 is 0 Å². The Morgan fingerprint density at radius 2 is 1.40 bits per heavy atom. The minimum atomic E-state index is -0.122. The van der Waals surface area contributed by atoms with Crippen molar-refractivity contribution in [2.45, 2.75) is 45.4 Å². The zero-order chi connectivity index (χ0) is 11.7. The fourth-order valence-electron chi connectivity index (χ4n) is 1.17. The maximum absolute atomic E-state index is 11.2. The molecule has 0 radical (unpaired) electrons. The van der Waals surface area contributed by atoms with Gasteiger partial charge in [-0.1, -0.05) is 13.5 Å². The van der Waals surface area contributed by atoms with Crippen molar-refractivity contribution in [3.8, 4) is 0 Å². The first kappa shape index (κ1) is 13.8. The van der Waals surface area contributed by atoms with Crippen molar-refractivity contribution in [3.63, 3.8) is 0 Å². The number of carbonyl (C=O) groups excluding carboxylic acids is 3. The van der Waals surface area contributed by atoms with Gasteiger partial charge in [-0.25, -0.2) is 0 Å². The monoisotopic (exact) mass is 210 g/mol. The smallest absolute Gasteiger partial charge is 0.155 e. The Morgan fingerprint density at radius 1 is 0.933 bits per heavy atom. The summed E-state index contributed by atoms with van der Waals surface area (Å²) < 4.78 is 0. The molecule has 0 aromatic heterocycles. The van der Waals surface area contributed by atoms with E-state index in [0.717, 1.165) is 6.42 Å². The molecule has 0 aromatic rings. The van der Waals surface area contributed by atoms with Crippen LogP contribution in [0.5, 0.6) is 0 Å². The van der Waals surface area contributed by atoms with Crippen LogP contribution in [0.15, 0.2) is 12.7 Å². The van der Waals surface area contributed by atoms with Gasteiger partial charge in [0, 0.05) is 32.1 Å². The first-order chi connectivity index (χ1) is 7.10. The summed E-state index contributed by atoms with van der Waals surface area (Å²) in [6, 6.07) is 0. The van der Waals surface area contributed by atoms with Crippen molar-refractivity contribution in [2.24, 2.45) is 0 Å². The number of Topliss-reactive ketones (excluding diaryl/α,β-unsaturated/α-hetero) is 2. The Hall–Kier alpha value is -1.25. The van der Waals surface area contributed by atoms with Crippen LogP contribution in [0.25, 0.3) is 0 Å².